The highest BCUT2D eigenvalue weighted by molar-refractivity contribution is 5.98. The molecule has 2 aliphatic carbocycles. The summed E-state index contributed by atoms with van der Waals surface area (Å²) in [6.07, 6.45) is 9.90. The van der Waals surface area contributed by atoms with Crippen LogP contribution in [-0.4, -0.2) is 134 Å². The molecule has 1 unspecified atom stereocenters. The van der Waals surface area contributed by atoms with E-state index in [1.54, 1.807) is 62.0 Å². The van der Waals surface area contributed by atoms with Gasteiger partial charge < -0.3 is 52.3 Å². The first-order chi connectivity index (χ1) is 36.3. The van der Waals surface area contributed by atoms with E-state index in [0.717, 1.165) is 49.7 Å². The van der Waals surface area contributed by atoms with Gasteiger partial charge in [0.15, 0.2) is 0 Å². The van der Waals surface area contributed by atoms with Gasteiger partial charge in [-0.25, -0.2) is 0 Å². The molecule has 2 heterocycles. The molecule has 18 heteroatoms. The van der Waals surface area contributed by atoms with Gasteiger partial charge in [0.1, 0.15) is 24.2 Å². The van der Waals surface area contributed by atoms with Crippen molar-refractivity contribution in [2.45, 2.75) is 158 Å². The molecule has 7 rings (SSSR count). The van der Waals surface area contributed by atoms with E-state index in [9.17, 15) is 38.4 Å². The minimum Gasteiger partial charge on any atom is -0.352 e. The number of hydrogen-bond donors (Lipinski definition) is 8. The van der Waals surface area contributed by atoms with Gasteiger partial charge in [-0.05, 0) is 171 Å². The summed E-state index contributed by atoms with van der Waals surface area (Å²) in [6.45, 7) is 4.74. The third kappa shape index (κ3) is 14.6. The van der Waals surface area contributed by atoms with Crippen molar-refractivity contribution in [1.29, 1.82) is 0 Å². The van der Waals surface area contributed by atoms with E-state index >= 15 is 0 Å². The molecule has 2 fully saturated rings. The van der Waals surface area contributed by atoms with Crippen molar-refractivity contribution >= 4 is 47.3 Å². The third-order valence-electron chi connectivity index (χ3n) is 15.5. The number of rotatable bonds is 23. The van der Waals surface area contributed by atoms with Crippen LogP contribution in [0.5, 0.6) is 0 Å². The van der Waals surface area contributed by atoms with E-state index in [2.05, 4.69) is 66.8 Å². The normalized spacial score (nSPS) is 20.5. The molecule has 2 saturated heterocycles. The molecule has 4 aliphatic rings. The Kier molecular flexibility index (Phi) is 20.4. The molecule has 404 valence electrons. The van der Waals surface area contributed by atoms with Crippen LogP contribution in [0.2, 0.25) is 0 Å². The van der Waals surface area contributed by atoms with Crippen molar-refractivity contribution < 1.29 is 38.4 Å². The van der Waals surface area contributed by atoms with Crippen molar-refractivity contribution in [3.63, 3.8) is 0 Å². The lowest BCUT2D eigenvalue weighted by Gasteiger charge is -2.32. The van der Waals surface area contributed by atoms with Gasteiger partial charge in [0.25, 0.3) is 11.8 Å². The second kappa shape index (κ2) is 27.2. The molecule has 0 aromatic heterocycles. The number of likely N-dealkylation sites (tertiary alicyclic amines) is 2. The minimum absolute atomic E-state index is 0.111. The Bertz CT molecular complexity index is 2500. The third-order valence-corrected chi connectivity index (χ3v) is 15.5. The van der Waals surface area contributed by atoms with Gasteiger partial charge in [0.05, 0.1) is 24.2 Å². The monoisotopic (exact) mass is 1030 g/mol. The lowest BCUT2D eigenvalue weighted by atomic mass is 9.87. The Morgan fingerprint density at radius 1 is 0.520 bits per heavy atom. The Labute approximate surface area is 441 Å². The lowest BCUT2D eigenvalue weighted by Crippen LogP contribution is -2.55. The fourth-order valence-electron chi connectivity index (χ4n) is 10.9. The van der Waals surface area contributed by atoms with Crippen LogP contribution in [-0.2, 0) is 41.6 Å². The number of hydrogen-bond acceptors (Lipinski definition) is 10. The number of unbranched alkanes of at least 4 members (excludes halogenated alkanes) is 1. The molecule has 75 heavy (non-hydrogen) atoms. The number of benzene rings is 3. The maximum absolute atomic E-state index is 14.1. The number of fused-ring (bicyclic) bond motifs is 2. The molecular weight excluding hydrogens is 953 g/mol. The summed E-state index contributed by atoms with van der Waals surface area (Å²) in [5.41, 5.74) is 5.39. The summed E-state index contributed by atoms with van der Waals surface area (Å²) in [6, 6.07) is 18.2. The van der Waals surface area contributed by atoms with Crippen LogP contribution in [0, 0.1) is 0 Å². The van der Waals surface area contributed by atoms with Crippen molar-refractivity contribution in [2.75, 3.05) is 40.3 Å². The van der Waals surface area contributed by atoms with Crippen LogP contribution in [0.4, 0.5) is 0 Å². The summed E-state index contributed by atoms with van der Waals surface area (Å²) in [4.78, 5) is 111. The Balaban J connectivity index is 0.861. The van der Waals surface area contributed by atoms with Crippen LogP contribution in [0.15, 0.2) is 72.8 Å². The van der Waals surface area contributed by atoms with E-state index < -0.39 is 36.3 Å². The summed E-state index contributed by atoms with van der Waals surface area (Å²) in [7, 11) is 3.33. The SMILES string of the molecule is CN[C@@H](C)C(=O)N[C@H](CCCNC(=O)c1ccc(C(=O)NCCCC[C@H](NC(=O)[C@@H](C)NC)C(=O)N2CCC[C@@H]2C(=O)N[C@@H]2CCCc3ccccc32)cc1)C(=O)N1CCCC1C(=O)N[C@H]1CCCc2ccccc21. The van der Waals surface area contributed by atoms with Crippen LogP contribution in [0.25, 0.3) is 0 Å². The molecule has 8 N–H and O–H groups in total. The number of carbonyl (C=O) groups is 8. The van der Waals surface area contributed by atoms with E-state index in [1.807, 2.05) is 24.3 Å². The molecule has 3 aromatic rings. The minimum atomic E-state index is -0.906. The highest BCUT2D eigenvalue weighted by Crippen LogP contribution is 2.32. The van der Waals surface area contributed by atoms with Gasteiger partial charge in [-0.2, -0.15) is 0 Å². The smallest absolute Gasteiger partial charge is 0.251 e. The van der Waals surface area contributed by atoms with Gasteiger partial charge in [0.2, 0.25) is 35.4 Å². The number of carbonyl (C=O) groups excluding carboxylic acids is 8. The maximum atomic E-state index is 14.1. The highest BCUT2D eigenvalue weighted by Gasteiger charge is 2.41. The molecule has 0 bridgehead atoms. The topological polar surface area (TPSA) is 239 Å². The first-order valence-electron chi connectivity index (χ1n) is 27.3. The summed E-state index contributed by atoms with van der Waals surface area (Å²) >= 11 is 0. The second-order valence-corrected chi connectivity index (χ2v) is 20.6. The number of nitrogens with zero attached hydrogens (tertiary/aromatic N) is 2. The van der Waals surface area contributed by atoms with Gasteiger partial charge in [-0.15, -0.1) is 0 Å². The number of likely N-dealkylation sites (N-methyl/N-ethyl adjacent to an activating group) is 2. The van der Waals surface area contributed by atoms with Gasteiger partial charge in [-0.1, -0.05) is 48.5 Å². The Morgan fingerprint density at radius 3 is 1.37 bits per heavy atom. The van der Waals surface area contributed by atoms with Crippen LogP contribution >= 0.6 is 0 Å². The molecular formula is C57H78N10O8. The largest absolute Gasteiger partial charge is 0.352 e. The molecule has 18 nitrogen and oxygen atoms in total. The van der Waals surface area contributed by atoms with E-state index in [0.29, 0.717) is 82.1 Å². The Morgan fingerprint density at radius 2 is 0.933 bits per heavy atom. The van der Waals surface area contributed by atoms with E-state index in [4.69, 9.17) is 0 Å². The number of aryl methyl sites for hydroxylation is 2. The molecule has 2 aliphatic heterocycles. The maximum Gasteiger partial charge on any atom is 0.251 e. The van der Waals surface area contributed by atoms with Crippen molar-refractivity contribution in [2.24, 2.45) is 0 Å². The molecule has 8 amide bonds. The van der Waals surface area contributed by atoms with Crippen LogP contribution < -0.4 is 42.5 Å². The van der Waals surface area contributed by atoms with Crippen LogP contribution in [0.3, 0.4) is 0 Å². The van der Waals surface area contributed by atoms with Crippen molar-refractivity contribution in [1.82, 2.24) is 52.3 Å². The first kappa shape index (κ1) is 56.1. The van der Waals surface area contributed by atoms with Gasteiger partial charge in [0, 0.05) is 37.3 Å². The predicted octanol–water partition coefficient (Wildman–Crippen LogP) is 3.65. The quantitative estimate of drug-likeness (QED) is 0.0642. The van der Waals surface area contributed by atoms with E-state index in [1.165, 1.54) is 11.1 Å². The average molecular weight is 1030 g/mol. The lowest BCUT2D eigenvalue weighted by molar-refractivity contribution is -0.142. The molecule has 0 saturated carbocycles. The number of nitrogens with one attached hydrogen (secondary N) is 8. The standard InChI is InChI=1S/C57H78N10O8/c1-36(58-3)50(68)64-46(56(74)66-34-14-26-48(66)54(72)62-44-23-11-18-38-16-5-7-20-42(38)44)22-9-10-32-60-52(70)40-28-30-41(31-29-40)53(71)61-33-13-25-47(65-51(69)37(2)59-4)57(75)67-35-15-27-49(67)55(73)63-45-24-12-19-39-17-6-8-21-43(39)45/h5-8,16-17,20-21,28-31,36-37,44-49,58-59H,9-15,18-19,22-27,32-35H2,1-4H3,(H,60,70)(H,61,71)(H,62,72)(H,63,73)(H,64,68)(H,65,69)/t36-,37+,44-,45+,46+,47-,48-,49?/m1/s1. The first-order valence-corrected chi connectivity index (χ1v) is 27.3. The summed E-state index contributed by atoms with van der Waals surface area (Å²) in [5, 5.41) is 23.9. The van der Waals surface area contributed by atoms with Crippen molar-refractivity contribution in [3.8, 4) is 0 Å². The second-order valence-electron chi connectivity index (χ2n) is 20.6. The zero-order valence-electron chi connectivity index (χ0n) is 44.1. The fraction of sp³-hybridized carbons (Fsp3) is 0.544. The zero-order valence-corrected chi connectivity index (χ0v) is 44.1. The molecule has 0 spiro atoms. The molecule has 0 radical (unpaired) electrons. The van der Waals surface area contributed by atoms with Gasteiger partial charge in [-0.3, -0.25) is 38.4 Å². The summed E-state index contributed by atoms with van der Waals surface area (Å²) in [5.74, 6) is -2.36. The zero-order chi connectivity index (χ0) is 53.4. The summed E-state index contributed by atoms with van der Waals surface area (Å²) < 4.78 is 0. The molecule has 8 atom stereocenters. The number of amides is 8. The fourth-order valence-corrected chi connectivity index (χ4v) is 10.9. The van der Waals surface area contributed by atoms with Crippen molar-refractivity contribution in [3.05, 3.63) is 106 Å². The van der Waals surface area contributed by atoms with E-state index in [-0.39, 0.29) is 72.3 Å². The Hall–Kier alpha value is -6.66. The van der Waals surface area contributed by atoms with Gasteiger partial charge >= 0.3 is 0 Å². The predicted molar refractivity (Wildman–Crippen MR) is 285 cm³/mol. The average Bonchev–Trinajstić information content (AvgIpc) is 4.15. The molecule has 3 aromatic carbocycles. The van der Waals surface area contributed by atoms with Crippen LogP contribution in [0.1, 0.15) is 152 Å². The highest BCUT2D eigenvalue weighted by atomic mass is 16.2.